The fraction of sp³-hybridized carbons (Fsp3) is 0.571. The molecule has 1 aliphatic rings. The van der Waals surface area contributed by atoms with E-state index in [2.05, 4.69) is 10.2 Å². The number of hydrogen-bond acceptors (Lipinski definition) is 4. The molecule has 1 saturated heterocycles. The highest BCUT2D eigenvalue weighted by atomic mass is 16.5. The lowest BCUT2D eigenvalue weighted by Crippen LogP contribution is -2.29. The summed E-state index contributed by atoms with van der Waals surface area (Å²) in [6.07, 6.45) is 2.68. The SMILES string of the molecule is COc1cc(CNCCN2CCCC2)ccc1O. The Morgan fingerprint density at radius 3 is 2.83 bits per heavy atom. The molecule has 1 fully saturated rings. The molecular weight excluding hydrogens is 228 g/mol. The van der Waals surface area contributed by atoms with Gasteiger partial charge in [0.25, 0.3) is 0 Å². The highest BCUT2D eigenvalue weighted by Gasteiger charge is 2.10. The van der Waals surface area contributed by atoms with Crippen molar-refractivity contribution in [2.45, 2.75) is 19.4 Å². The molecule has 2 N–H and O–H groups in total. The molecule has 100 valence electrons. The normalized spacial score (nSPS) is 16.1. The van der Waals surface area contributed by atoms with E-state index >= 15 is 0 Å². The maximum Gasteiger partial charge on any atom is 0.160 e. The van der Waals surface area contributed by atoms with Gasteiger partial charge in [-0.25, -0.2) is 0 Å². The smallest absolute Gasteiger partial charge is 0.160 e. The van der Waals surface area contributed by atoms with Crippen molar-refractivity contribution in [3.63, 3.8) is 0 Å². The van der Waals surface area contributed by atoms with Gasteiger partial charge < -0.3 is 20.1 Å². The fourth-order valence-corrected chi connectivity index (χ4v) is 2.31. The number of ether oxygens (including phenoxy) is 1. The topological polar surface area (TPSA) is 44.7 Å². The molecule has 0 unspecified atom stereocenters. The number of aromatic hydroxyl groups is 1. The van der Waals surface area contributed by atoms with E-state index in [-0.39, 0.29) is 5.75 Å². The average Bonchev–Trinajstić information content (AvgIpc) is 2.89. The molecule has 2 rings (SSSR count). The van der Waals surface area contributed by atoms with Crippen LogP contribution < -0.4 is 10.1 Å². The van der Waals surface area contributed by atoms with Crippen LogP contribution in [0, 0.1) is 0 Å². The van der Waals surface area contributed by atoms with Gasteiger partial charge in [-0.3, -0.25) is 0 Å². The zero-order valence-corrected chi connectivity index (χ0v) is 11.0. The summed E-state index contributed by atoms with van der Waals surface area (Å²) in [7, 11) is 1.57. The summed E-state index contributed by atoms with van der Waals surface area (Å²) < 4.78 is 5.09. The first-order valence-electron chi connectivity index (χ1n) is 6.58. The molecule has 0 spiro atoms. The standard InChI is InChI=1S/C14H22N2O2/c1-18-14-10-12(4-5-13(14)17)11-15-6-9-16-7-2-3-8-16/h4-5,10,15,17H,2-3,6-9,11H2,1H3. The molecule has 18 heavy (non-hydrogen) atoms. The van der Waals surface area contributed by atoms with Crippen LogP contribution in [0.25, 0.3) is 0 Å². The van der Waals surface area contributed by atoms with Crippen LogP contribution in [0.1, 0.15) is 18.4 Å². The summed E-state index contributed by atoms with van der Waals surface area (Å²) in [4.78, 5) is 2.49. The Hall–Kier alpha value is -1.26. The predicted octanol–water partition coefficient (Wildman–Crippen LogP) is 1.59. The Morgan fingerprint density at radius 2 is 2.11 bits per heavy atom. The summed E-state index contributed by atoms with van der Waals surface area (Å²) in [5, 5.41) is 12.9. The van der Waals surface area contributed by atoms with E-state index in [1.807, 2.05) is 12.1 Å². The predicted molar refractivity (Wildman–Crippen MR) is 72.0 cm³/mol. The molecule has 0 bridgehead atoms. The lowest BCUT2D eigenvalue weighted by Gasteiger charge is -2.15. The monoisotopic (exact) mass is 250 g/mol. The lowest BCUT2D eigenvalue weighted by molar-refractivity contribution is 0.335. The molecule has 0 radical (unpaired) electrons. The molecule has 0 saturated carbocycles. The van der Waals surface area contributed by atoms with Crippen LogP contribution >= 0.6 is 0 Å². The first-order chi connectivity index (χ1) is 8.79. The number of phenols is 1. The third-order valence-electron chi connectivity index (χ3n) is 3.38. The number of methoxy groups -OCH3 is 1. The molecule has 0 atom stereocenters. The van der Waals surface area contributed by atoms with E-state index < -0.39 is 0 Å². The zero-order valence-electron chi connectivity index (χ0n) is 11.0. The minimum atomic E-state index is 0.193. The summed E-state index contributed by atoms with van der Waals surface area (Å²) in [6.45, 7) is 5.42. The molecular formula is C14H22N2O2. The van der Waals surface area contributed by atoms with Crippen molar-refractivity contribution < 1.29 is 9.84 Å². The van der Waals surface area contributed by atoms with Crippen molar-refractivity contribution in [1.29, 1.82) is 0 Å². The second kappa shape index (κ2) is 6.61. The largest absolute Gasteiger partial charge is 0.504 e. The molecule has 1 aromatic rings. The summed E-state index contributed by atoms with van der Waals surface area (Å²) in [6, 6.07) is 5.47. The number of hydrogen-bond donors (Lipinski definition) is 2. The van der Waals surface area contributed by atoms with E-state index in [0.717, 1.165) is 25.2 Å². The average molecular weight is 250 g/mol. The number of rotatable bonds is 6. The molecule has 4 nitrogen and oxygen atoms in total. The van der Waals surface area contributed by atoms with Gasteiger partial charge in [0.1, 0.15) is 0 Å². The Labute approximate surface area is 109 Å². The van der Waals surface area contributed by atoms with E-state index in [1.54, 1.807) is 13.2 Å². The fourth-order valence-electron chi connectivity index (χ4n) is 2.31. The lowest BCUT2D eigenvalue weighted by atomic mass is 10.2. The summed E-state index contributed by atoms with van der Waals surface area (Å²) in [5.74, 6) is 0.729. The number of nitrogens with one attached hydrogen (secondary N) is 1. The van der Waals surface area contributed by atoms with Gasteiger partial charge in [0.2, 0.25) is 0 Å². The van der Waals surface area contributed by atoms with Crippen LogP contribution in [-0.4, -0.2) is 43.3 Å². The van der Waals surface area contributed by atoms with Gasteiger partial charge in [-0.15, -0.1) is 0 Å². The van der Waals surface area contributed by atoms with Gasteiger partial charge in [0.05, 0.1) is 7.11 Å². The van der Waals surface area contributed by atoms with Crippen molar-refractivity contribution >= 4 is 0 Å². The van der Waals surface area contributed by atoms with E-state index in [9.17, 15) is 5.11 Å². The second-order valence-electron chi connectivity index (χ2n) is 4.73. The number of phenolic OH excluding ortho intramolecular Hbond substituents is 1. The third-order valence-corrected chi connectivity index (χ3v) is 3.38. The highest BCUT2D eigenvalue weighted by Crippen LogP contribution is 2.26. The van der Waals surface area contributed by atoms with Gasteiger partial charge in [0, 0.05) is 19.6 Å². The van der Waals surface area contributed by atoms with Crippen LogP contribution in [0.5, 0.6) is 11.5 Å². The van der Waals surface area contributed by atoms with Gasteiger partial charge >= 0.3 is 0 Å². The van der Waals surface area contributed by atoms with Crippen LogP contribution in [0.15, 0.2) is 18.2 Å². The van der Waals surface area contributed by atoms with Gasteiger partial charge in [-0.2, -0.15) is 0 Å². The van der Waals surface area contributed by atoms with Gasteiger partial charge in [-0.05, 0) is 43.6 Å². The van der Waals surface area contributed by atoms with Crippen molar-refractivity contribution in [3.05, 3.63) is 23.8 Å². The van der Waals surface area contributed by atoms with Crippen LogP contribution in [0.2, 0.25) is 0 Å². The highest BCUT2D eigenvalue weighted by molar-refractivity contribution is 5.41. The van der Waals surface area contributed by atoms with Crippen molar-refractivity contribution in [3.8, 4) is 11.5 Å². The van der Waals surface area contributed by atoms with E-state index in [4.69, 9.17) is 4.74 Å². The quantitative estimate of drug-likeness (QED) is 0.753. The maximum atomic E-state index is 9.50. The maximum absolute atomic E-state index is 9.50. The summed E-state index contributed by atoms with van der Waals surface area (Å²) >= 11 is 0. The van der Waals surface area contributed by atoms with Crippen LogP contribution in [-0.2, 0) is 6.54 Å². The Kier molecular flexibility index (Phi) is 4.84. The van der Waals surface area contributed by atoms with E-state index in [0.29, 0.717) is 5.75 Å². The molecule has 0 aliphatic carbocycles. The molecule has 0 aromatic heterocycles. The molecule has 4 heteroatoms. The molecule has 1 heterocycles. The minimum absolute atomic E-state index is 0.193. The first-order valence-corrected chi connectivity index (χ1v) is 6.58. The first kappa shape index (κ1) is 13.2. The van der Waals surface area contributed by atoms with Crippen molar-refractivity contribution in [2.75, 3.05) is 33.3 Å². The Balaban J connectivity index is 1.72. The third kappa shape index (κ3) is 3.62. The minimum Gasteiger partial charge on any atom is -0.504 e. The van der Waals surface area contributed by atoms with Gasteiger partial charge in [-0.1, -0.05) is 6.07 Å². The van der Waals surface area contributed by atoms with Crippen LogP contribution in [0.4, 0.5) is 0 Å². The van der Waals surface area contributed by atoms with E-state index in [1.165, 1.54) is 25.9 Å². The summed E-state index contributed by atoms with van der Waals surface area (Å²) in [5.41, 5.74) is 1.13. The zero-order chi connectivity index (χ0) is 12.8. The molecule has 1 aromatic carbocycles. The Bertz CT molecular complexity index is 376. The number of benzene rings is 1. The van der Waals surface area contributed by atoms with Crippen molar-refractivity contribution in [2.24, 2.45) is 0 Å². The van der Waals surface area contributed by atoms with Crippen LogP contribution in [0.3, 0.4) is 0 Å². The number of likely N-dealkylation sites (tertiary alicyclic amines) is 1. The number of nitrogens with zero attached hydrogens (tertiary/aromatic N) is 1. The van der Waals surface area contributed by atoms with Gasteiger partial charge in [0.15, 0.2) is 11.5 Å². The Morgan fingerprint density at radius 1 is 1.33 bits per heavy atom. The second-order valence-corrected chi connectivity index (χ2v) is 4.73. The van der Waals surface area contributed by atoms with Crippen molar-refractivity contribution in [1.82, 2.24) is 10.2 Å². The molecule has 1 aliphatic heterocycles. The molecule has 0 amide bonds.